The summed E-state index contributed by atoms with van der Waals surface area (Å²) in [6, 6.07) is 6.61. The summed E-state index contributed by atoms with van der Waals surface area (Å²) >= 11 is 1.20. The minimum absolute atomic E-state index is 0.100. The minimum Gasteiger partial charge on any atom is -0.465 e. The molecule has 28 heavy (non-hydrogen) atoms. The van der Waals surface area contributed by atoms with Crippen LogP contribution in [0.1, 0.15) is 15.2 Å². The molecule has 2 aromatic rings. The van der Waals surface area contributed by atoms with Crippen molar-refractivity contribution < 1.29 is 22.7 Å². The predicted octanol–water partition coefficient (Wildman–Crippen LogP) is 1.79. The van der Waals surface area contributed by atoms with Gasteiger partial charge < -0.3 is 15.0 Å². The topological polar surface area (TPSA) is 96.0 Å². The Balaban J connectivity index is 1.72. The summed E-state index contributed by atoms with van der Waals surface area (Å²) in [6.07, 6.45) is 0.658. The number of ether oxygens (including phenoxy) is 1. The fourth-order valence-electron chi connectivity index (χ4n) is 3.00. The van der Waals surface area contributed by atoms with E-state index in [2.05, 4.69) is 5.32 Å². The molecule has 0 atom stereocenters. The van der Waals surface area contributed by atoms with Crippen LogP contribution in [0.4, 0.5) is 11.4 Å². The lowest BCUT2D eigenvalue weighted by molar-refractivity contribution is -0.115. The van der Waals surface area contributed by atoms with Gasteiger partial charge in [-0.05, 0) is 41.6 Å². The van der Waals surface area contributed by atoms with Crippen LogP contribution >= 0.6 is 11.3 Å². The van der Waals surface area contributed by atoms with Gasteiger partial charge in [0, 0.05) is 26.3 Å². The third-order valence-electron chi connectivity index (χ3n) is 4.47. The number of amides is 1. The number of fused-ring (bicyclic) bond motifs is 1. The third kappa shape index (κ3) is 3.89. The molecule has 0 unspecified atom stereocenters. The van der Waals surface area contributed by atoms with E-state index in [0.717, 1.165) is 11.3 Å². The highest BCUT2D eigenvalue weighted by Gasteiger charge is 2.25. The normalized spacial score (nSPS) is 13.5. The van der Waals surface area contributed by atoms with Gasteiger partial charge in [0.1, 0.15) is 4.88 Å². The number of sulfonamides is 1. The van der Waals surface area contributed by atoms with Gasteiger partial charge in [-0.3, -0.25) is 4.79 Å². The summed E-state index contributed by atoms with van der Waals surface area (Å²) in [6.45, 7) is 0.713. The first kappa shape index (κ1) is 20.3. The molecule has 3 rings (SSSR count). The number of nitrogens with one attached hydrogen (secondary N) is 1. The minimum atomic E-state index is -3.50. The first-order chi connectivity index (χ1) is 13.2. The maximum Gasteiger partial charge on any atom is 0.350 e. The zero-order valence-electron chi connectivity index (χ0n) is 15.8. The zero-order chi connectivity index (χ0) is 20.5. The average molecular weight is 424 g/mol. The van der Waals surface area contributed by atoms with Gasteiger partial charge in [0.05, 0.1) is 24.2 Å². The number of carbonyl (C=O) groups is 2. The van der Waals surface area contributed by atoms with Crippen LogP contribution in [0, 0.1) is 0 Å². The third-order valence-corrected chi connectivity index (χ3v) is 7.17. The second-order valence-corrected chi connectivity index (χ2v) is 9.52. The largest absolute Gasteiger partial charge is 0.465 e. The Morgan fingerprint density at radius 3 is 2.71 bits per heavy atom. The van der Waals surface area contributed by atoms with Crippen molar-refractivity contribution in [3.63, 3.8) is 0 Å². The zero-order valence-corrected chi connectivity index (χ0v) is 17.4. The van der Waals surface area contributed by atoms with Crippen molar-refractivity contribution in [1.82, 2.24) is 4.31 Å². The smallest absolute Gasteiger partial charge is 0.350 e. The van der Waals surface area contributed by atoms with Crippen LogP contribution in [0.5, 0.6) is 0 Å². The summed E-state index contributed by atoms with van der Waals surface area (Å²) in [5.41, 5.74) is 2.15. The van der Waals surface area contributed by atoms with Crippen molar-refractivity contribution in [2.75, 3.05) is 44.5 Å². The Morgan fingerprint density at radius 1 is 1.29 bits per heavy atom. The molecule has 150 valence electrons. The van der Waals surface area contributed by atoms with Crippen LogP contribution in [0.25, 0.3) is 0 Å². The van der Waals surface area contributed by atoms with Crippen molar-refractivity contribution in [3.8, 4) is 0 Å². The number of nitrogens with zero attached hydrogens (tertiary/aromatic N) is 2. The molecule has 0 spiro atoms. The Morgan fingerprint density at radius 2 is 2.04 bits per heavy atom. The molecule has 1 aliphatic rings. The monoisotopic (exact) mass is 423 g/mol. The van der Waals surface area contributed by atoms with Crippen molar-refractivity contribution in [2.45, 2.75) is 11.3 Å². The molecule has 0 fully saturated rings. The quantitative estimate of drug-likeness (QED) is 0.712. The van der Waals surface area contributed by atoms with E-state index < -0.39 is 16.0 Å². The van der Waals surface area contributed by atoms with E-state index in [4.69, 9.17) is 4.74 Å². The van der Waals surface area contributed by atoms with Gasteiger partial charge in [0.15, 0.2) is 0 Å². The molecule has 0 saturated heterocycles. The number of carbonyl (C=O) groups excluding carboxylic acids is 2. The maximum atomic E-state index is 12.5. The Labute approximate surface area is 167 Å². The molecule has 2 heterocycles. The first-order valence-electron chi connectivity index (χ1n) is 8.50. The fourth-order valence-corrected chi connectivity index (χ4v) is 4.72. The number of anilines is 2. The Kier molecular flexibility index (Phi) is 5.73. The molecule has 10 heteroatoms. The van der Waals surface area contributed by atoms with Gasteiger partial charge >= 0.3 is 5.97 Å². The van der Waals surface area contributed by atoms with Crippen LogP contribution in [0.2, 0.25) is 0 Å². The van der Waals surface area contributed by atoms with Gasteiger partial charge in [-0.2, -0.15) is 0 Å². The average Bonchev–Trinajstić information content (AvgIpc) is 3.27. The lowest BCUT2D eigenvalue weighted by atomic mass is 10.2. The van der Waals surface area contributed by atoms with Crippen molar-refractivity contribution in [2.24, 2.45) is 0 Å². The predicted molar refractivity (Wildman–Crippen MR) is 108 cm³/mol. The molecule has 8 nitrogen and oxygen atoms in total. The van der Waals surface area contributed by atoms with Crippen molar-refractivity contribution >= 4 is 44.6 Å². The number of methoxy groups -OCH3 is 1. The maximum absolute atomic E-state index is 12.5. The molecule has 1 amide bonds. The number of thiophene rings is 1. The van der Waals surface area contributed by atoms with Gasteiger partial charge in [-0.1, -0.05) is 0 Å². The highest BCUT2D eigenvalue weighted by Crippen LogP contribution is 2.31. The van der Waals surface area contributed by atoms with Crippen LogP contribution in [-0.4, -0.2) is 58.9 Å². The van der Waals surface area contributed by atoms with Gasteiger partial charge in [0.2, 0.25) is 15.9 Å². The van der Waals surface area contributed by atoms with Crippen LogP contribution in [0.3, 0.4) is 0 Å². The highest BCUT2D eigenvalue weighted by atomic mass is 32.2. The van der Waals surface area contributed by atoms with E-state index in [1.807, 2.05) is 4.90 Å². The number of esters is 1. The van der Waals surface area contributed by atoms with E-state index in [0.29, 0.717) is 23.5 Å². The fraction of sp³-hybridized carbons (Fsp3) is 0.333. The Bertz CT molecular complexity index is 1010. The highest BCUT2D eigenvalue weighted by molar-refractivity contribution is 7.89. The van der Waals surface area contributed by atoms with Gasteiger partial charge in [-0.15, -0.1) is 11.3 Å². The van der Waals surface area contributed by atoms with Gasteiger partial charge in [0.25, 0.3) is 0 Å². The molecule has 1 N–H and O–H groups in total. The summed E-state index contributed by atoms with van der Waals surface area (Å²) in [5.74, 6) is -0.757. The summed E-state index contributed by atoms with van der Waals surface area (Å²) in [4.78, 5) is 26.6. The molecular weight excluding hydrogens is 402 g/mol. The van der Waals surface area contributed by atoms with Crippen LogP contribution in [0.15, 0.2) is 34.5 Å². The number of benzene rings is 1. The molecule has 0 saturated carbocycles. The van der Waals surface area contributed by atoms with Crippen LogP contribution in [-0.2, 0) is 26.0 Å². The van der Waals surface area contributed by atoms with E-state index in [1.54, 1.807) is 29.6 Å². The van der Waals surface area contributed by atoms with Crippen LogP contribution < -0.4 is 10.2 Å². The summed E-state index contributed by atoms with van der Waals surface area (Å²) in [5, 5.41) is 4.45. The molecule has 0 radical (unpaired) electrons. The number of rotatable bonds is 6. The van der Waals surface area contributed by atoms with Crippen molar-refractivity contribution in [1.29, 1.82) is 0 Å². The molecule has 1 aromatic carbocycles. The molecular formula is C18H21N3O5S2. The number of hydrogen-bond acceptors (Lipinski definition) is 7. The van der Waals surface area contributed by atoms with E-state index in [9.17, 15) is 18.0 Å². The second-order valence-electron chi connectivity index (χ2n) is 6.45. The summed E-state index contributed by atoms with van der Waals surface area (Å²) in [7, 11) is 0.780. The lowest BCUT2D eigenvalue weighted by Gasteiger charge is -2.19. The van der Waals surface area contributed by atoms with Gasteiger partial charge in [-0.25, -0.2) is 17.5 Å². The standard InChI is InChI=1S/C18H21N3O5S2/c1-20(2)28(24,25)13-4-5-15-12(10-13)6-8-21(15)11-16(22)19-14-7-9-27-17(14)18(23)26-3/h4-5,7,9-10H,6,8,11H2,1-3H3,(H,19,22). The lowest BCUT2D eigenvalue weighted by Crippen LogP contribution is -2.32. The molecule has 0 aliphatic carbocycles. The SMILES string of the molecule is COC(=O)c1sccc1NC(=O)CN1CCc2cc(S(=O)(=O)N(C)C)ccc21. The Hall–Kier alpha value is -2.43. The second kappa shape index (κ2) is 7.90. The molecule has 1 aromatic heterocycles. The first-order valence-corrected chi connectivity index (χ1v) is 10.8. The molecule has 1 aliphatic heterocycles. The van der Waals surface area contributed by atoms with E-state index in [1.165, 1.54) is 36.8 Å². The van der Waals surface area contributed by atoms with Crippen molar-refractivity contribution in [3.05, 3.63) is 40.1 Å². The van der Waals surface area contributed by atoms with E-state index >= 15 is 0 Å². The van der Waals surface area contributed by atoms with E-state index in [-0.39, 0.29) is 17.3 Å². The summed E-state index contributed by atoms with van der Waals surface area (Å²) < 4.78 is 30.5. The number of hydrogen-bond donors (Lipinski definition) is 1. The molecule has 0 bridgehead atoms.